The predicted molar refractivity (Wildman–Crippen MR) is 84.3 cm³/mol. The van der Waals surface area contributed by atoms with Gasteiger partial charge < -0.3 is 18.9 Å². The van der Waals surface area contributed by atoms with Crippen LogP contribution in [0.4, 0.5) is 0 Å². The van der Waals surface area contributed by atoms with Crippen molar-refractivity contribution in [1.82, 2.24) is 20.4 Å². The molecule has 0 unspecified atom stereocenters. The molecule has 0 spiro atoms. The van der Waals surface area contributed by atoms with Gasteiger partial charge in [-0.3, -0.25) is 0 Å². The van der Waals surface area contributed by atoms with Crippen molar-refractivity contribution >= 4 is 0 Å². The summed E-state index contributed by atoms with van der Waals surface area (Å²) in [6.45, 7) is 0.170. The first-order valence-corrected chi connectivity index (χ1v) is 7.19. The molecule has 8 heteroatoms. The molecule has 0 aliphatic carbocycles. The van der Waals surface area contributed by atoms with Crippen molar-refractivity contribution in [3.63, 3.8) is 0 Å². The normalized spacial score (nSPS) is 12.2. The molecule has 1 aliphatic heterocycles. The molecule has 3 heterocycles. The van der Waals surface area contributed by atoms with E-state index in [4.69, 9.17) is 18.9 Å². The number of hydrogen-bond donors (Lipinski definition) is 1. The van der Waals surface area contributed by atoms with Gasteiger partial charge in [0.15, 0.2) is 11.5 Å². The molecular weight excluding hydrogens is 312 g/mol. The molecule has 122 valence electrons. The highest BCUT2D eigenvalue weighted by Crippen LogP contribution is 2.44. The Balaban J connectivity index is 1.80. The molecule has 8 nitrogen and oxygen atoms in total. The lowest BCUT2D eigenvalue weighted by Gasteiger charge is -2.08. The number of nitrogens with zero attached hydrogens (tertiary/aromatic N) is 3. The fraction of sp³-hybridized carbons (Fsp3) is 0.188. The van der Waals surface area contributed by atoms with E-state index in [0.29, 0.717) is 34.5 Å². The number of nitrogens with one attached hydrogen (secondary N) is 1. The topological polar surface area (TPSA) is 91.4 Å². The van der Waals surface area contributed by atoms with E-state index in [1.807, 2.05) is 18.2 Å². The molecule has 2 aromatic heterocycles. The first-order chi connectivity index (χ1) is 11.8. The molecule has 0 fully saturated rings. The number of benzene rings is 1. The molecule has 1 N–H and O–H groups in total. The monoisotopic (exact) mass is 326 g/mol. The van der Waals surface area contributed by atoms with Gasteiger partial charge in [-0.05, 0) is 18.2 Å². The number of fused-ring (bicyclic) bond motifs is 1. The summed E-state index contributed by atoms with van der Waals surface area (Å²) in [6.07, 6.45) is 1.68. The average Bonchev–Trinajstić information content (AvgIpc) is 3.29. The summed E-state index contributed by atoms with van der Waals surface area (Å²) in [5, 5.41) is 11.2. The second-order valence-corrected chi connectivity index (χ2v) is 5.02. The van der Waals surface area contributed by atoms with Crippen molar-refractivity contribution in [2.24, 2.45) is 0 Å². The molecule has 0 bridgehead atoms. The maximum absolute atomic E-state index is 5.47. The molecule has 0 amide bonds. The molecule has 1 aliphatic rings. The van der Waals surface area contributed by atoms with Crippen LogP contribution >= 0.6 is 0 Å². The van der Waals surface area contributed by atoms with Crippen molar-refractivity contribution in [3.05, 3.63) is 30.5 Å². The molecule has 0 atom stereocenters. The van der Waals surface area contributed by atoms with Crippen LogP contribution < -0.4 is 18.9 Å². The second-order valence-electron chi connectivity index (χ2n) is 5.02. The smallest absolute Gasteiger partial charge is 0.231 e. The van der Waals surface area contributed by atoms with Crippen molar-refractivity contribution in [3.8, 4) is 45.6 Å². The van der Waals surface area contributed by atoms with E-state index in [1.165, 1.54) is 0 Å². The number of hydrogen-bond acceptors (Lipinski definition) is 7. The van der Waals surface area contributed by atoms with E-state index in [-0.39, 0.29) is 6.79 Å². The van der Waals surface area contributed by atoms with Gasteiger partial charge in [-0.15, -0.1) is 0 Å². The lowest BCUT2D eigenvalue weighted by Crippen LogP contribution is -1.93. The molecular formula is C16H14N4O4. The lowest BCUT2D eigenvalue weighted by molar-refractivity contribution is 0.171. The van der Waals surface area contributed by atoms with E-state index in [9.17, 15) is 0 Å². The van der Waals surface area contributed by atoms with Crippen LogP contribution in [-0.4, -0.2) is 41.4 Å². The Kier molecular flexibility index (Phi) is 3.42. The zero-order valence-electron chi connectivity index (χ0n) is 13.1. The molecule has 1 aromatic carbocycles. The van der Waals surface area contributed by atoms with Crippen LogP contribution in [0, 0.1) is 0 Å². The third-order valence-electron chi connectivity index (χ3n) is 3.70. The van der Waals surface area contributed by atoms with Crippen molar-refractivity contribution in [2.75, 3.05) is 21.0 Å². The van der Waals surface area contributed by atoms with Crippen molar-refractivity contribution in [1.29, 1.82) is 0 Å². The highest BCUT2D eigenvalue weighted by molar-refractivity contribution is 5.80. The van der Waals surface area contributed by atoms with Crippen molar-refractivity contribution in [2.45, 2.75) is 0 Å². The fourth-order valence-electron chi connectivity index (χ4n) is 2.54. The highest BCUT2D eigenvalue weighted by atomic mass is 16.7. The van der Waals surface area contributed by atoms with Gasteiger partial charge in [0.05, 0.1) is 14.2 Å². The number of aromatic nitrogens is 4. The van der Waals surface area contributed by atoms with E-state index in [1.54, 1.807) is 26.5 Å². The number of rotatable bonds is 4. The summed E-state index contributed by atoms with van der Waals surface area (Å²) in [5.74, 6) is 2.33. The Labute approximate surface area is 137 Å². The van der Waals surface area contributed by atoms with Crippen LogP contribution in [0.25, 0.3) is 22.5 Å². The quantitative estimate of drug-likeness (QED) is 0.786. The number of ether oxygens (including phenoxy) is 4. The minimum Gasteiger partial charge on any atom is -0.493 e. The minimum absolute atomic E-state index is 0.170. The van der Waals surface area contributed by atoms with Gasteiger partial charge >= 0.3 is 0 Å². The van der Waals surface area contributed by atoms with Gasteiger partial charge in [0.1, 0.15) is 11.4 Å². The van der Waals surface area contributed by atoms with Gasteiger partial charge in [0, 0.05) is 23.4 Å². The van der Waals surface area contributed by atoms with Crippen LogP contribution in [0.1, 0.15) is 0 Å². The minimum atomic E-state index is 0.170. The molecule has 3 aromatic rings. The van der Waals surface area contributed by atoms with Gasteiger partial charge in [-0.1, -0.05) is 0 Å². The fourth-order valence-corrected chi connectivity index (χ4v) is 2.54. The number of aromatic amines is 1. The zero-order chi connectivity index (χ0) is 16.5. The van der Waals surface area contributed by atoms with Gasteiger partial charge in [-0.25, -0.2) is 4.98 Å². The SMILES string of the molecule is COc1ccc(-c2n[nH]nc2-c2cc(OC)c3c(c2)OCO3)cn1. The number of pyridine rings is 1. The maximum atomic E-state index is 5.47. The van der Waals surface area contributed by atoms with Crippen LogP contribution in [0.2, 0.25) is 0 Å². The van der Waals surface area contributed by atoms with Crippen LogP contribution in [0.15, 0.2) is 30.5 Å². The van der Waals surface area contributed by atoms with Crippen LogP contribution in [-0.2, 0) is 0 Å². The summed E-state index contributed by atoms with van der Waals surface area (Å²) in [4.78, 5) is 4.21. The summed E-state index contributed by atoms with van der Waals surface area (Å²) in [6, 6.07) is 7.33. The van der Waals surface area contributed by atoms with Gasteiger partial charge in [-0.2, -0.15) is 15.4 Å². The summed E-state index contributed by atoms with van der Waals surface area (Å²) < 4.78 is 21.3. The van der Waals surface area contributed by atoms with E-state index in [2.05, 4.69) is 20.4 Å². The molecule has 0 saturated heterocycles. The first kappa shape index (κ1) is 14.3. The predicted octanol–water partition coefficient (Wildman–Crippen LogP) is 2.28. The van der Waals surface area contributed by atoms with E-state index >= 15 is 0 Å². The zero-order valence-corrected chi connectivity index (χ0v) is 13.1. The lowest BCUT2D eigenvalue weighted by atomic mass is 10.1. The van der Waals surface area contributed by atoms with Crippen LogP contribution in [0.5, 0.6) is 23.1 Å². The molecule has 24 heavy (non-hydrogen) atoms. The van der Waals surface area contributed by atoms with Gasteiger partial charge in [0.25, 0.3) is 0 Å². The summed E-state index contributed by atoms with van der Waals surface area (Å²) in [5.41, 5.74) is 2.96. The third-order valence-corrected chi connectivity index (χ3v) is 3.70. The van der Waals surface area contributed by atoms with Gasteiger partial charge in [0.2, 0.25) is 18.4 Å². The van der Waals surface area contributed by atoms with Crippen molar-refractivity contribution < 1.29 is 18.9 Å². The number of methoxy groups -OCH3 is 2. The standard InChI is InChI=1S/C16H14N4O4/c1-21-11-5-10(6-12-16(11)24-8-23-12)15-14(18-20-19-15)9-3-4-13(22-2)17-7-9/h3-7H,8H2,1-2H3,(H,18,19,20). The third kappa shape index (κ3) is 2.28. The summed E-state index contributed by atoms with van der Waals surface area (Å²) in [7, 11) is 3.15. The Morgan fingerprint density at radius 3 is 2.54 bits per heavy atom. The van der Waals surface area contributed by atoms with E-state index in [0.717, 1.165) is 11.1 Å². The largest absolute Gasteiger partial charge is 0.493 e. The Morgan fingerprint density at radius 2 is 1.83 bits per heavy atom. The molecule has 4 rings (SSSR count). The second kappa shape index (κ2) is 5.73. The maximum Gasteiger partial charge on any atom is 0.231 e. The van der Waals surface area contributed by atoms with E-state index < -0.39 is 0 Å². The Hall–Kier alpha value is -3.29. The average molecular weight is 326 g/mol. The molecule has 0 saturated carbocycles. The van der Waals surface area contributed by atoms with Crippen LogP contribution in [0.3, 0.4) is 0 Å². The number of H-pyrrole nitrogens is 1. The Bertz CT molecular complexity index is 876. The molecule has 0 radical (unpaired) electrons. The highest BCUT2D eigenvalue weighted by Gasteiger charge is 2.23. The summed E-state index contributed by atoms with van der Waals surface area (Å²) >= 11 is 0. The first-order valence-electron chi connectivity index (χ1n) is 7.19. The Morgan fingerprint density at radius 1 is 1.00 bits per heavy atom.